The Kier molecular flexibility index (Phi) is 7.12. The predicted molar refractivity (Wildman–Crippen MR) is 107 cm³/mol. The highest BCUT2D eigenvalue weighted by Crippen LogP contribution is 2.27. The highest BCUT2D eigenvalue weighted by molar-refractivity contribution is 5.69. The molecule has 9 nitrogen and oxygen atoms in total. The zero-order valence-electron chi connectivity index (χ0n) is 16.1. The highest BCUT2D eigenvalue weighted by Gasteiger charge is 2.33. The van der Waals surface area contributed by atoms with E-state index in [1.807, 2.05) is 18.2 Å². The van der Waals surface area contributed by atoms with E-state index in [1.54, 1.807) is 7.11 Å². The molecular formula is C20H24N4O5. The van der Waals surface area contributed by atoms with Crippen LogP contribution in [0.2, 0.25) is 0 Å². The van der Waals surface area contributed by atoms with Crippen molar-refractivity contribution in [3.05, 3.63) is 70.3 Å². The number of nitro benzene ring substituents is 1. The van der Waals surface area contributed by atoms with Crippen molar-refractivity contribution in [3.63, 3.8) is 0 Å². The molecule has 2 aromatic rings. The summed E-state index contributed by atoms with van der Waals surface area (Å²) in [5, 5.41) is 10.7. The Hall–Kier alpha value is -3.01. The third-order valence-corrected chi connectivity index (χ3v) is 4.85. The molecule has 3 rings (SSSR count). The maximum atomic E-state index is 12.1. The van der Waals surface area contributed by atoms with E-state index >= 15 is 0 Å². The second kappa shape index (κ2) is 9.97. The maximum absolute atomic E-state index is 12.1. The highest BCUT2D eigenvalue weighted by atomic mass is 16.6. The number of nitro groups is 1. The van der Waals surface area contributed by atoms with Crippen molar-refractivity contribution in [3.8, 4) is 5.75 Å². The number of ether oxygens (including phenoxy) is 2. The van der Waals surface area contributed by atoms with Crippen molar-refractivity contribution in [2.75, 3.05) is 33.4 Å². The number of hydrogen-bond acceptors (Lipinski definition) is 7. The van der Waals surface area contributed by atoms with Crippen LogP contribution in [0, 0.1) is 10.1 Å². The van der Waals surface area contributed by atoms with Crippen LogP contribution in [0.15, 0.2) is 54.6 Å². The minimum atomic E-state index is -0.680. The van der Waals surface area contributed by atoms with E-state index in [0.29, 0.717) is 6.61 Å². The fourth-order valence-corrected chi connectivity index (χ4v) is 3.39. The number of rotatable bonds is 8. The largest absolute Gasteiger partial charge is 0.427 e. The van der Waals surface area contributed by atoms with E-state index in [2.05, 4.69) is 27.9 Å². The molecule has 154 valence electrons. The summed E-state index contributed by atoms with van der Waals surface area (Å²) in [6.45, 7) is 3.06. The van der Waals surface area contributed by atoms with Crippen LogP contribution in [-0.4, -0.2) is 55.3 Å². The van der Waals surface area contributed by atoms with Crippen molar-refractivity contribution >= 4 is 11.8 Å². The Morgan fingerprint density at radius 2 is 1.90 bits per heavy atom. The monoisotopic (exact) mass is 400 g/mol. The molecule has 1 fully saturated rings. The van der Waals surface area contributed by atoms with E-state index in [4.69, 9.17) is 9.47 Å². The molecule has 2 atom stereocenters. The number of nitrogens with zero attached hydrogens (tertiary/aromatic N) is 2. The van der Waals surface area contributed by atoms with Crippen molar-refractivity contribution < 1.29 is 19.2 Å². The second-order valence-electron chi connectivity index (χ2n) is 6.79. The van der Waals surface area contributed by atoms with Crippen LogP contribution in [0.5, 0.6) is 5.75 Å². The number of carbonyl (C=O) groups is 1. The Labute approximate surface area is 168 Å². The van der Waals surface area contributed by atoms with Crippen molar-refractivity contribution in [1.29, 1.82) is 0 Å². The molecule has 0 aromatic heterocycles. The van der Waals surface area contributed by atoms with Gasteiger partial charge in [-0.2, -0.15) is 0 Å². The molecule has 0 spiro atoms. The molecule has 1 saturated heterocycles. The van der Waals surface area contributed by atoms with Crippen LogP contribution in [0.1, 0.15) is 11.5 Å². The number of amides is 1. The predicted octanol–water partition coefficient (Wildman–Crippen LogP) is 2.30. The van der Waals surface area contributed by atoms with Crippen LogP contribution in [0.4, 0.5) is 10.5 Å². The average molecular weight is 400 g/mol. The normalized spacial score (nSPS) is 19.1. The van der Waals surface area contributed by atoms with E-state index in [-0.39, 0.29) is 23.4 Å². The molecule has 1 aliphatic heterocycles. The number of hydrogen-bond donors (Lipinski definition) is 2. The SMILES string of the molecule is COCCN1CC(NNC(=O)Oc2ccc([N+](=O)[O-])cc2)C(c2ccccc2)C1. The molecular weight excluding hydrogens is 376 g/mol. The van der Waals surface area contributed by atoms with Gasteiger partial charge in [-0.05, 0) is 17.7 Å². The molecule has 2 unspecified atom stereocenters. The summed E-state index contributed by atoms with van der Waals surface area (Å²) in [6, 6.07) is 15.5. The van der Waals surface area contributed by atoms with Gasteiger partial charge in [0.05, 0.1) is 11.5 Å². The summed E-state index contributed by atoms with van der Waals surface area (Å²) in [4.78, 5) is 24.6. The van der Waals surface area contributed by atoms with Gasteiger partial charge in [0.15, 0.2) is 0 Å². The molecule has 2 N–H and O–H groups in total. The van der Waals surface area contributed by atoms with Crippen LogP contribution >= 0.6 is 0 Å². The molecule has 1 heterocycles. The molecule has 2 aromatic carbocycles. The first kappa shape index (κ1) is 20.7. The number of likely N-dealkylation sites (tertiary alicyclic amines) is 1. The smallest absolute Gasteiger partial charge is 0.409 e. The van der Waals surface area contributed by atoms with E-state index < -0.39 is 11.0 Å². The Morgan fingerprint density at radius 3 is 2.55 bits per heavy atom. The van der Waals surface area contributed by atoms with Gasteiger partial charge in [0, 0.05) is 50.8 Å². The van der Waals surface area contributed by atoms with Gasteiger partial charge in [0.2, 0.25) is 0 Å². The minimum absolute atomic E-state index is 0.00123. The second-order valence-corrected chi connectivity index (χ2v) is 6.79. The molecule has 0 bridgehead atoms. The summed E-state index contributed by atoms with van der Waals surface area (Å²) in [5.74, 6) is 0.426. The van der Waals surface area contributed by atoms with Crippen LogP contribution in [-0.2, 0) is 4.74 Å². The number of benzene rings is 2. The summed E-state index contributed by atoms with van der Waals surface area (Å²) in [6.07, 6.45) is -0.680. The lowest BCUT2D eigenvalue weighted by molar-refractivity contribution is -0.384. The van der Waals surface area contributed by atoms with Gasteiger partial charge >= 0.3 is 6.09 Å². The number of methoxy groups -OCH3 is 1. The first-order valence-electron chi connectivity index (χ1n) is 9.31. The summed E-state index contributed by atoms with van der Waals surface area (Å²) >= 11 is 0. The third kappa shape index (κ3) is 5.74. The maximum Gasteiger partial charge on any atom is 0.427 e. The van der Waals surface area contributed by atoms with Crippen LogP contribution in [0.25, 0.3) is 0 Å². The molecule has 0 saturated carbocycles. The lowest BCUT2D eigenvalue weighted by Crippen LogP contribution is -2.48. The Balaban J connectivity index is 1.57. The van der Waals surface area contributed by atoms with Crippen molar-refractivity contribution in [1.82, 2.24) is 15.8 Å². The van der Waals surface area contributed by atoms with Gasteiger partial charge in [0.1, 0.15) is 5.75 Å². The van der Waals surface area contributed by atoms with Crippen molar-refractivity contribution in [2.45, 2.75) is 12.0 Å². The van der Waals surface area contributed by atoms with Crippen molar-refractivity contribution in [2.24, 2.45) is 0 Å². The molecule has 9 heteroatoms. The van der Waals surface area contributed by atoms with Gasteiger partial charge in [-0.15, -0.1) is 0 Å². The van der Waals surface area contributed by atoms with Gasteiger partial charge in [-0.25, -0.2) is 10.2 Å². The topological polar surface area (TPSA) is 106 Å². The van der Waals surface area contributed by atoms with Gasteiger partial charge in [-0.1, -0.05) is 30.3 Å². The summed E-state index contributed by atoms with van der Waals surface area (Å²) in [7, 11) is 1.68. The van der Waals surface area contributed by atoms with E-state index in [1.165, 1.54) is 29.8 Å². The lowest BCUT2D eigenvalue weighted by atomic mass is 9.95. The van der Waals surface area contributed by atoms with E-state index in [9.17, 15) is 14.9 Å². The third-order valence-electron chi connectivity index (χ3n) is 4.85. The zero-order valence-corrected chi connectivity index (χ0v) is 16.1. The Bertz CT molecular complexity index is 815. The van der Waals surface area contributed by atoms with Gasteiger partial charge in [0.25, 0.3) is 5.69 Å². The fourth-order valence-electron chi connectivity index (χ4n) is 3.39. The minimum Gasteiger partial charge on any atom is -0.409 e. The van der Waals surface area contributed by atoms with Crippen LogP contribution in [0.3, 0.4) is 0 Å². The summed E-state index contributed by atoms with van der Waals surface area (Å²) < 4.78 is 10.3. The van der Waals surface area contributed by atoms with Gasteiger partial charge < -0.3 is 9.47 Å². The first-order chi connectivity index (χ1) is 14.1. The standard InChI is InChI=1S/C20H24N4O5/c1-28-12-11-23-13-18(15-5-3-2-4-6-15)19(14-23)21-22-20(25)29-17-9-7-16(8-10-17)24(26)27/h2-10,18-19,21H,11-14H2,1H3,(H,22,25). The number of hydrazine groups is 1. The molecule has 29 heavy (non-hydrogen) atoms. The quantitative estimate of drug-likeness (QED) is 0.517. The zero-order chi connectivity index (χ0) is 20.6. The van der Waals surface area contributed by atoms with E-state index in [0.717, 1.165) is 19.6 Å². The number of carbonyl (C=O) groups excluding carboxylic acids is 1. The summed E-state index contributed by atoms with van der Waals surface area (Å²) in [5.41, 5.74) is 6.78. The number of non-ortho nitro benzene ring substituents is 1. The molecule has 1 amide bonds. The fraction of sp³-hybridized carbons (Fsp3) is 0.350. The molecule has 0 aliphatic carbocycles. The average Bonchev–Trinajstić information content (AvgIpc) is 3.15. The first-order valence-corrected chi connectivity index (χ1v) is 9.31. The Morgan fingerprint density at radius 1 is 1.17 bits per heavy atom. The van der Waals surface area contributed by atoms with Crippen LogP contribution < -0.4 is 15.6 Å². The molecule has 0 radical (unpaired) electrons. The number of nitrogens with one attached hydrogen (secondary N) is 2. The van der Waals surface area contributed by atoms with Gasteiger partial charge in [-0.3, -0.25) is 20.4 Å². The molecule has 1 aliphatic rings. The lowest BCUT2D eigenvalue weighted by Gasteiger charge is -2.20.